The molecular weight excluding hydrogens is 320 g/mol. The third-order valence-corrected chi connectivity index (χ3v) is 4.53. The highest BCUT2D eigenvalue weighted by molar-refractivity contribution is 6.12. The summed E-state index contributed by atoms with van der Waals surface area (Å²) < 4.78 is 4.69. The number of methoxy groups -OCH3 is 1. The van der Waals surface area contributed by atoms with Crippen LogP contribution >= 0.6 is 0 Å². The third kappa shape index (κ3) is 2.98. The molecule has 0 radical (unpaired) electrons. The minimum absolute atomic E-state index is 0.180. The fourth-order valence-corrected chi connectivity index (χ4v) is 3.11. The van der Waals surface area contributed by atoms with Crippen molar-refractivity contribution in [2.45, 2.75) is 12.8 Å². The number of hydrogen-bond donors (Lipinski definition) is 2. The van der Waals surface area contributed by atoms with Crippen LogP contribution < -0.4 is 11.1 Å². The number of fused-ring (bicyclic) bond motifs is 1. The summed E-state index contributed by atoms with van der Waals surface area (Å²) in [5.41, 5.74) is 6.70. The van der Waals surface area contributed by atoms with Gasteiger partial charge in [-0.2, -0.15) is 0 Å². The monoisotopic (exact) mass is 338 g/mol. The Balaban J connectivity index is 1.99. The van der Waals surface area contributed by atoms with E-state index < -0.39 is 23.2 Å². The normalized spacial score (nSPS) is 18.8. The minimum atomic E-state index is -1.36. The zero-order valence-electron chi connectivity index (χ0n) is 13.7. The number of rotatable bonds is 4. The van der Waals surface area contributed by atoms with E-state index in [4.69, 9.17) is 5.73 Å². The summed E-state index contributed by atoms with van der Waals surface area (Å²) in [6.07, 6.45) is 0.396. The molecule has 0 aromatic heterocycles. The second-order valence-electron chi connectivity index (χ2n) is 6.10. The predicted molar refractivity (Wildman–Crippen MR) is 91.9 cm³/mol. The van der Waals surface area contributed by atoms with Gasteiger partial charge >= 0.3 is 5.97 Å². The van der Waals surface area contributed by atoms with E-state index in [2.05, 4.69) is 10.1 Å². The Kier molecular flexibility index (Phi) is 4.27. The standard InChI is InChI=1S/C19H18N2O4/c1-25-16(22)13-7-8-14-11-19(17(20)23,18(24)21-15(14)9-13)10-12-5-3-2-4-6-12/h2-9H,10-11H2,1H3,(H2,20,23)(H,21,24)/t19-/m1/s1. The number of anilines is 1. The number of esters is 1. The molecule has 3 N–H and O–H groups in total. The molecule has 1 aliphatic rings. The van der Waals surface area contributed by atoms with Crippen LogP contribution in [-0.2, 0) is 27.2 Å². The lowest BCUT2D eigenvalue weighted by Crippen LogP contribution is -2.52. The molecule has 0 spiro atoms. The second-order valence-corrected chi connectivity index (χ2v) is 6.10. The van der Waals surface area contributed by atoms with Crippen LogP contribution in [0.4, 0.5) is 5.69 Å². The lowest BCUT2D eigenvalue weighted by atomic mass is 9.72. The first kappa shape index (κ1) is 16.7. The number of carbonyl (C=O) groups is 3. The Bertz CT molecular complexity index is 848. The van der Waals surface area contributed by atoms with Crippen LogP contribution in [0, 0.1) is 5.41 Å². The Hall–Kier alpha value is -3.15. The number of hydrogen-bond acceptors (Lipinski definition) is 4. The molecular formula is C19H18N2O4. The Morgan fingerprint density at radius 3 is 2.56 bits per heavy atom. The highest BCUT2D eigenvalue weighted by Gasteiger charge is 2.47. The topological polar surface area (TPSA) is 98.5 Å². The maximum atomic E-state index is 12.7. The van der Waals surface area contributed by atoms with Gasteiger partial charge in [0, 0.05) is 5.69 Å². The largest absolute Gasteiger partial charge is 0.465 e. The quantitative estimate of drug-likeness (QED) is 0.654. The van der Waals surface area contributed by atoms with Gasteiger partial charge in [0.05, 0.1) is 12.7 Å². The Morgan fingerprint density at radius 1 is 1.20 bits per heavy atom. The van der Waals surface area contributed by atoms with Gasteiger partial charge in [0.25, 0.3) is 0 Å². The molecule has 0 aliphatic carbocycles. The molecule has 1 atom stereocenters. The Morgan fingerprint density at radius 2 is 1.92 bits per heavy atom. The number of primary amides is 1. The van der Waals surface area contributed by atoms with Crippen LogP contribution in [0.1, 0.15) is 21.5 Å². The Labute approximate surface area is 145 Å². The van der Waals surface area contributed by atoms with Gasteiger partial charge in [-0.25, -0.2) is 4.79 Å². The van der Waals surface area contributed by atoms with Crippen LogP contribution in [0.5, 0.6) is 0 Å². The SMILES string of the molecule is COC(=O)c1ccc2c(c1)NC(=O)[C@@](Cc1ccccc1)(C(N)=O)C2. The molecule has 2 aromatic rings. The summed E-state index contributed by atoms with van der Waals surface area (Å²) in [5.74, 6) is -1.62. The highest BCUT2D eigenvalue weighted by Crippen LogP contribution is 2.37. The molecule has 0 fully saturated rings. The van der Waals surface area contributed by atoms with Gasteiger partial charge < -0.3 is 15.8 Å². The number of carbonyl (C=O) groups excluding carboxylic acids is 3. The van der Waals surface area contributed by atoms with Gasteiger partial charge in [0.1, 0.15) is 5.41 Å². The number of nitrogens with one attached hydrogen (secondary N) is 1. The molecule has 0 bridgehead atoms. The van der Waals surface area contributed by atoms with E-state index in [0.29, 0.717) is 11.3 Å². The molecule has 2 amide bonds. The van der Waals surface area contributed by atoms with Gasteiger partial charge in [-0.3, -0.25) is 9.59 Å². The summed E-state index contributed by atoms with van der Waals surface area (Å²) in [6, 6.07) is 14.1. The summed E-state index contributed by atoms with van der Waals surface area (Å²) in [5, 5.41) is 2.72. The first-order valence-corrected chi connectivity index (χ1v) is 7.83. The average Bonchev–Trinajstić information content (AvgIpc) is 2.62. The highest BCUT2D eigenvalue weighted by atomic mass is 16.5. The van der Waals surface area contributed by atoms with E-state index >= 15 is 0 Å². The molecule has 1 aliphatic heterocycles. The summed E-state index contributed by atoms with van der Waals surface area (Å²) >= 11 is 0. The lowest BCUT2D eigenvalue weighted by Gasteiger charge is -2.34. The minimum Gasteiger partial charge on any atom is -0.465 e. The molecule has 1 heterocycles. The van der Waals surface area contributed by atoms with Crippen LogP contribution in [0.15, 0.2) is 48.5 Å². The van der Waals surface area contributed by atoms with E-state index in [1.54, 1.807) is 18.2 Å². The van der Waals surface area contributed by atoms with Crippen molar-refractivity contribution in [3.8, 4) is 0 Å². The molecule has 0 saturated carbocycles. The number of nitrogens with two attached hydrogens (primary N) is 1. The van der Waals surface area contributed by atoms with Gasteiger partial charge in [-0.1, -0.05) is 36.4 Å². The smallest absolute Gasteiger partial charge is 0.337 e. The lowest BCUT2D eigenvalue weighted by molar-refractivity contribution is -0.138. The first-order valence-electron chi connectivity index (χ1n) is 7.83. The van der Waals surface area contributed by atoms with Crippen LogP contribution in [0.25, 0.3) is 0 Å². The van der Waals surface area contributed by atoms with E-state index in [1.165, 1.54) is 7.11 Å². The number of ether oxygens (including phenoxy) is 1. The molecule has 25 heavy (non-hydrogen) atoms. The summed E-state index contributed by atoms with van der Waals surface area (Å²) in [7, 11) is 1.29. The molecule has 6 nitrogen and oxygen atoms in total. The van der Waals surface area contributed by atoms with Crippen molar-refractivity contribution in [3.05, 3.63) is 65.2 Å². The summed E-state index contributed by atoms with van der Waals surface area (Å²) in [4.78, 5) is 36.6. The van der Waals surface area contributed by atoms with Gasteiger partial charge in [0.15, 0.2) is 0 Å². The maximum absolute atomic E-state index is 12.7. The van der Waals surface area contributed by atoms with Crippen molar-refractivity contribution in [2.75, 3.05) is 12.4 Å². The second kappa shape index (κ2) is 6.39. The van der Waals surface area contributed by atoms with Crippen LogP contribution in [0.2, 0.25) is 0 Å². The van der Waals surface area contributed by atoms with Crippen molar-refractivity contribution in [1.82, 2.24) is 0 Å². The number of benzene rings is 2. The molecule has 128 valence electrons. The van der Waals surface area contributed by atoms with E-state index in [1.807, 2.05) is 30.3 Å². The van der Waals surface area contributed by atoms with E-state index in [9.17, 15) is 14.4 Å². The number of amides is 2. The third-order valence-electron chi connectivity index (χ3n) is 4.53. The molecule has 2 aromatic carbocycles. The maximum Gasteiger partial charge on any atom is 0.337 e. The van der Waals surface area contributed by atoms with E-state index in [-0.39, 0.29) is 12.8 Å². The van der Waals surface area contributed by atoms with Crippen molar-refractivity contribution >= 4 is 23.5 Å². The van der Waals surface area contributed by atoms with Gasteiger partial charge in [-0.15, -0.1) is 0 Å². The molecule has 3 rings (SSSR count). The molecule has 0 saturated heterocycles. The van der Waals surface area contributed by atoms with Crippen LogP contribution in [-0.4, -0.2) is 24.9 Å². The van der Waals surface area contributed by atoms with Crippen molar-refractivity contribution in [3.63, 3.8) is 0 Å². The average molecular weight is 338 g/mol. The van der Waals surface area contributed by atoms with Crippen molar-refractivity contribution in [1.29, 1.82) is 0 Å². The zero-order valence-corrected chi connectivity index (χ0v) is 13.7. The molecule has 6 heteroatoms. The van der Waals surface area contributed by atoms with Crippen LogP contribution in [0.3, 0.4) is 0 Å². The van der Waals surface area contributed by atoms with Crippen molar-refractivity contribution < 1.29 is 19.1 Å². The van der Waals surface area contributed by atoms with Crippen molar-refractivity contribution in [2.24, 2.45) is 11.1 Å². The predicted octanol–water partition coefficient (Wildman–Crippen LogP) is 1.68. The molecule has 0 unspecified atom stereocenters. The fraction of sp³-hybridized carbons (Fsp3) is 0.211. The zero-order chi connectivity index (χ0) is 18.0. The summed E-state index contributed by atoms with van der Waals surface area (Å²) in [6.45, 7) is 0. The van der Waals surface area contributed by atoms with Gasteiger partial charge in [0.2, 0.25) is 11.8 Å². The van der Waals surface area contributed by atoms with Gasteiger partial charge in [-0.05, 0) is 36.1 Å². The fourth-order valence-electron chi connectivity index (χ4n) is 3.11. The van der Waals surface area contributed by atoms with E-state index in [0.717, 1.165) is 11.1 Å². The first-order chi connectivity index (χ1) is 12.0.